The molecule has 0 aliphatic rings. The fourth-order valence-electron chi connectivity index (χ4n) is 2.22. The summed E-state index contributed by atoms with van der Waals surface area (Å²) < 4.78 is 6.95. The lowest BCUT2D eigenvalue weighted by Gasteiger charge is -2.03. The predicted octanol–water partition coefficient (Wildman–Crippen LogP) is 3.06. The van der Waals surface area contributed by atoms with Crippen LogP contribution in [0.2, 0.25) is 0 Å². The standard InChI is InChI=1S/C18H17N3O2/c22-18(23-12-4-5-15-8-10-19-11-9-15)16-13-20-21(14-16)17-6-2-1-3-7-17/h1-3,6-11,13-14H,4-5,12H2. The number of nitrogens with zero attached hydrogens (tertiary/aromatic N) is 3. The van der Waals surface area contributed by atoms with Crippen molar-refractivity contribution >= 4 is 5.97 Å². The van der Waals surface area contributed by atoms with Gasteiger partial charge in [-0.25, -0.2) is 9.48 Å². The van der Waals surface area contributed by atoms with Gasteiger partial charge in [0.25, 0.3) is 0 Å². The van der Waals surface area contributed by atoms with Crippen LogP contribution in [0, 0.1) is 0 Å². The molecule has 116 valence electrons. The van der Waals surface area contributed by atoms with Crippen molar-refractivity contribution in [3.63, 3.8) is 0 Å². The molecule has 0 N–H and O–H groups in total. The van der Waals surface area contributed by atoms with E-state index in [-0.39, 0.29) is 5.97 Å². The van der Waals surface area contributed by atoms with Crippen LogP contribution in [-0.4, -0.2) is 27.3 Å². The molecule has 0 saturated carbocycles. The van der Waals surface area contributed by atoms with Crippen LogP contribution in [0.1, 0.15) is 22.3 Å². The van der Waals surface area contributed by atoms with Crippen molar-refractivity contribution in [2.75, 3.05) is 6.61 Å². The van der Waals surface area contributed by atoms with Gasteiger partial charge >= 0.3 is 5.97 Å². The Morgan fingerprint density at radius 3 is 2.65 bits per heavy atom. The average Bonchev–Trinajstić information content (AvgIpc) is 3.10. The SMILES string of the molecule is O=C(OCCCc1ccncc1)c1cnn(-c2ccccc2)c1. The molecule has 0 aliphatic carbocycles. The molecule has 3 aromatic rings. The van der Waals surface area contributed by atoms with Crippen LogP contribution in [0.15, 0.2) is 67.3 Å². The fourth-order valence-corrected chi connectivity index (χ4v) is 2.22. The summed E-state index contributed by atoms with van der Waals surface area (Å²) in [6.07, 6.45) is 8.37. The molecule has 0 bridgehead atoms. The van der Waals surface area contributed by atoms with Crippen molar-refractivity contribution in [1.82, 2.24) is 14.8 Å². The lowest BCUT2D eigenvalue weighted by Crippen LogP contribution is -2.06. The van der Waals surface area contributed by atoms with E-state index in [1.165, 1.54) is 11.8 Å². The molecule has 0 amide bonds. The molecule has 2 aromatic heterocycles. The highest BCUT2D eigenvalue weighted by atomic mass is 16.5. The molecule has 5 nitrogen and oxygen atoms in total. The lowest BCUT2D eigenvalue weighted by atomic mass is 10.1. The number of hydrogen-bond donors (Lipinski definition) is 0. The number of ether oxygens (including phenoxy) is 1. The maximum absolute atomic E-state index is 12.0. The van der Waals surface area contributed by atoms with Gasteiger partial charge in [-0.05, 0) is 42.7 Å². The number of pyridine rings is 1. The van der Waals surface area contributed by atoms with E-state index in [1.54, 1.807) is 23.3 Å². The molecule has 0 unspecified atom stereocenters. The second-order valence-electron chi connectivity index (χ2n) is 5.10. The second-order valence-corrected chi connectivity index (χ2v) is 5.10. The first-order chi connectivity index (χ1) is 11.3. The van der Waals surface area contributed by atoms with E-state index in [1.807, 2.05) is 42.5 Å². The minimum Gasteiger partial charge on any atom is -0.462 e. The summed E-state index contributed by atoms with van der Waals surface area (Å²) in [4.78, 5) is 16.0. The molecule has 5 heteroatoms. The van der Waals surface area contributed by atoms with Crippen LogP contribution < -0.4 is 0 Å². The Kier molecular flexibility index (Phi) is 4.79. The molecular formula is C18H17N3O2. The third-order valence-electron chi connectivity index (χ3n) is 3.43. The third kappa shape index (κ3) is 4.03. The van der Waals surface area contributed by atoms with Gasteiger partial charge in [0.2, 0.25) is 0 Å². The van der Waals surface area contributed by atoms with E-state index in [2.05, 4.69) is 10.1 Å². The molecule has 0 radical (unpaired) electrons. The van der Waals surface area contributed by atoms with Crippen molar-refractivity contribution in [3.8, 4) is 5.69 Å². The van der Waals surface area contributed by atoms with Crippen molar-refractivity contribution < 1.29 is 9.53 Å². The highest BCUT2D eigenvalue weighted by Gasteiger charge is 2.10. The average molecular weight is 307 g/mol. The summed E-state index contributed by atoms with van der Waals surface area (Å²) in [5, 5.41) is 4.19. The second kappa shape index (κ2) is 7.35. The van der Waals surface area contributed by atoms with Crippen molar-refractivity contribution in [2.24, 2.45) is 0 Å². The third-order valence-corrected chi connectivity index (χ3v) is 3.43. The maximum atomic E-state index is 12.0. The Morgan fingerprint density at radius 1 is 1.09 bits per heavy atom. The Labute approximate surface area is 134 Å². The fraction of sp³-hybridized carbons (Fsp3) is 0.167. The van der Waals surface area contributed by atoms with Crippen molar-refractivity contribution in [2.45, 2.75) is 12.8 Å². The number of rotatable bonds is 6. The number of esters is 1. The van der Waals surface area contributed by atoms with Crippen LogP contribution in [-0.2, 0) is 11.2 Å². The number of carbonyl (C=O) groups excluding carboxylic acids is 1. The van der Waals surface area contributed by atoms with E-state index >= 15 is 0 Å². The van der Waals surface area contributed by atoms with E-state index in [0.29, 0.717) is 12.2 Å². The maximum Gasteiger partial charge on any atom is 0.341 e. The number of aromatic nitrogens is 3. The van der Waals surface area contributed by atoms with Crippen molar-refractivity contribution in [1.29, 1.82) is 0 Å². The molecule has 3 rings (SSSR count). The Bertz CT molecular complexity index is 754. The van der Waals surface area contributed by atoms with Gasteiger partial charge in [-0.3, -0.25) is 4.98 Å². The number of benzene rings is 1. The van der Waals surface area contributed by atoms with E-state index < -0.39 is 0 Å². The van der Waals surface area contributed by atoms with E-state index in [0.717, 1.165) is 18.5 Å². The minimum atomic E-state index is -0.345. The summed E-state index contributed by atoms with van der Waals surface area (Å²) in [5.74, 6) is -0.345. The van der Waals surface area contributed by atoms with Crippen LogP contribution >= 0.6 is 0 Å². The number of para-hydroxylation sites is 1. The first-order valence-corrected chi connectivity index (χ1v) is 7.49. The van der Waals surface area contributed by atoms with E-state index in [4.69, 9.17) is 4.74 Å². The Hall–Kier alpha value is -2.95. The van der Waals surface area contributed by atoms with Gasteiger partial charge < -0.3 is 4.74 Å². The highest BCUT2D eigenvalue weighted by molar-refractivity contribution is 5.88. The quantitative estimate of drug-likeness (QED) is 0.519. The summed E-state index contributed by atoms with van der Waals surface area (Å²) in [6.45, 7) is 0.387. The Morgan fingerprint density at radius 2 is 1.87 bits per heavy atom. The zero-order chi connectivity index (χ0) is 15.9. The summed E-state index contributed by atoms with van der Waals surface area (Å²) in [5.41, 5.74) is 2.55. The first kappa shape index (κ1) is 15.0. The first-order valence-electron chi connectivity index (χ1n) is 7.49. The summed E-state index contributed by atoms with van der Waals surface area (Å²) in [7, 11) is 0. The minimum absolute atomic E-state index is 0.345. The van der Waals surface area contributed by atoms with Crippen molar-refractivity contribution in [3.05, 3.63) is 78.4 Å². The predicted molar refractivity (Wildman–Crippen MR) is 86.4 cm³/mol. The normalized spacial score (nSPS) is 10.4. The number of carbonyl (C=O) groups is 1. The van der Waals surface area contributed by atoms with Gasteiger partial charge in [-0.2, -0.15) is 5.10 Å². The lowest BCUT2D eigenvalue weighted by molar-refractivity contribution is 0.0500. The van der Waals surface area contributed by atoms with Gasteiger partial charge in [0.15, 0.2) is 0 Å². The molecule has 0 saturated heterocycles. The topological polar surface area (TPSA) is 57.0 Å². The van der Waals surface area contributed by atoms with Gasteiger partial charge in [0.05, 0.1) is 24.1 Å². The smallest absolute Gasteiger partial charge is 0.341 e. The summed E-state index contributed by atoms with van der Waals surface area (Å²) >= 11 is 0. The Balaban J connectivity index is 1.50. The largest absolute Gasteiger partial charge is 0.462 e. The van der Waals surface area contributed by atoms with E-state index in [9.17, 15) is 4.79 Å². The van der Waals surface area contributed by atoms with Gasteiger partial charge in [0, 0.05) is 18.6 Å². The zero-order valence-electron chi connectivity index (χ0n) is 12.6. The van der Waals surface area contributed by atoms with Crippen LogP contribution in [0.25, 0.3) is 5.69 Å². The molecule has 1 aromatic carbocycles. The molecule has 2 heterocycles. The molecule has 0 atom stereocenters. The molecular weight excluding hydrogens is 290 g/mol. The van der Waals surface area contributed by atoms with Crippen LogP contribution in [0.4, 0.5) is 0 Å². The molecule has 0 aliphatic heterocycles. The van der Waals surface area contributed by atoms with Gasteiger partial charge in [-0.1, -0.05) is 18.2 Å². The number of aryl methyl sites for hydroxylation is 1. The van der Waals surface area contributed by atoms with Gasteiger partial charge in [0.1, 0.15) is 0 Å². The highest BCUT2D eigenvalue weighted by Crippen LogP contribution is 2.09. The van der Waals surface area contributed by atoms with Gasteiger partial charge in [-0.15, -0.1) is 0 Å². The molecule has 0 fully saturated rings. The monoisotopic (exact) mass is 307 g/mol. The molecule has 23 heavy (non-hydrogen) atoms. The number of hydrogen-bond acceptors (Lipinski definition) is 4. The zero-order valence-corrected chi connectivity index (χ0v) is 12.6. The molecule has 0 spiro atoms. The van der Waals surface area contributed by atoms with Crippen LogP contribution in [0.3, 0.4) is 0 Å². The summed E-state index contributed by atoms with van der Waals surface area (Å²) in [6, 6.07) is 13.6. The van der Waals surface area contributed by atoms with Crippen LogP contribution in [0.5, 0.6) is 0 Å².